The fraction of sp³-hybridized carbons (Fsp3) is 0.955. The largest absolute Gasteiger partial charge is 0.481 e. The van der Waals surface area contributed by atoms with Gasteiger partial charge in [0.1, 0.15) is 0 Å². The lowest BCUT2D eigenvalue weighted by Crippen LogP contribution is -2.54. The second-order valence-corrected chi connectivity index (χ2v) is 10.4. The lowest BCUT2D eigenvalue weighted by Gasteiger charge is -2.61. The standard InChI is InChI=1S/C22H36O3/c1-13(20(24)25)17-6-7-18-16-5-4-14-12-15(23)8-10-21(14,2)19(16)9-11-22(17,18)3/h13-19,23H,4-12H2,1-3H3,(H,24,25)/t13?,14?,15?,16-,17+,18-,19-,21-,22+/m0/s1. The van der Waals surface area contributed by atoms with Crippen LogP contribution in [0.3, 0.4) is 0 Å². The average molecular weight is 349 g/mol. The normalized spacial score (nSPS) is 53.4. The van der Waals surface area contributed by atoms with E-state index in [0.717, 1.165) is 37.0 Å². The van der Waals surface area contributed by atoms with Crippen LogP contribution < -0.4 is 0 Å². The summed E-state index contributed by atoms with van der Waals surface area (Å²) in [5, 5.41) is 19.7. The summed E-state index contributed by atoms with van der Waals surface area (Å²) >= 11 is 0. The van der Waals surface area contributed by atoms with Gasteiger partial charge in [-0.05, 0) is 98.2 Å². The molecule has 0 radical (unpaired) electrons. The van der Waals surface area contributed by atoms with Crippen LogP contribution in [0.15, 0.2) is 0 Å². The van der Waals surface area contributed by atoms with Gasteiger partial charge in [0, 0.05) is 0 Å². The zero-order valence-electron chi connectivity index (χ0n) is 16.2. The van der Waals surface area contributed by atoms with Gasteiger partial charge in [-0.3, -0.25) is 4.79 Å². The highest BCUT2D eigenvalue weighted by Gasteiger charge is 2.61. The maximum Gasteiger partial charge on any atom is 0.306 e. The van der Waals surface area contributed by atoms with E-state index in [-0.39, 0.29) is 17.4 Å². The first-order chi connectivity index (χ1) is 11.8. The summed E-state index contributed by atoms with van der Waals surface area (Å²) in [5.41, 5.74) is 0.649. The molecule has 0 aromatic carbocycles. The molecule has 25 heavy (non-hydrogen) atoms. The first-order valence-corrected chi connectivity index (χ1v) is 10.7. The van der Waals surface area contributed by atoms with Crippen LogP contribution >= 0.6 is 0 Å². The van der Waals surface area contributed by atoms with Crippen LogP contribution in [-0.4, -0.2) is 22.3 Å². The third kappa shape index (κ3) is 2.51. The Balaban J connectivity index is 1.59. The van der Waals surface area contributed by atoms with E-state index in [1.807, 2.05) is 6.92 Å². The van der Waals surface area contributed by atoms with Gasteiger partial charge in [-0.25, -0.2) is 0 Å². The molecule has 0 amide bonds. The van der Waals surface area contributed by atoms with E-state index >= 15 is 0 Å². The summed E-state index contributed by atoms with van der Waals surface area (Å²) in [6, 6.07) is 0. The van der Waals surface area contributed by atoms with Crippen LogP contribution in [0.2, 0.25) is 0 Å². The van der Waals surface area contributed by atoms with Crippen LogP contribution in [0.1, 0.15) is 78.6 Å². The number of carboxylic acids is 1. The Kier molecular flexibility index (Phi) is 4.26. The SMILES string of the molecule is CC(C(=O)O)[C@H]1CC[C@H]2[C@@H]3CCC4CC(O)CC[C@]4(C)[C@H]3CC[C@]12C. The summed E-state index contributed by atoms with van der Waals surface area (Å²) in [6.45, 7) is 6.88. The maximum atomic E-state index is 11.6. The quantitative estimate of drug-likeness (QED) is 0.758. The number of aliphatic hydroxyl groups excluding tert-OH is 1. The first-order valence-electron chi connectivity index (χ1n) is 10.7. The molecular weight excluding hydrogens is 312 g/mol. The zero-order chi connectivity index (χ0) is 18.0. The van der Waals surface area contributed by atoms with Crippen molar-refractivity contribution < 1.29 is 15.0 Å². The minimum absolute atomic E-state index is 0.0734. The second-order valence-electron chi connectivity index (χ2n) is 10.4. The molecule has 142 valence electrons. The van der Waals surface area contributed by atoms with E-state index in [0.29, 0.717) is 17.3 Å². The fourth-order valence-electron chi connectivity index (χ4n) is 8.27. The number of carbonyl (C=O) groups is 1. The maximum absolute atomic E-state index is 11.6. The number of aliphatic carboxylic acids is 1. The zero-order valence-corrected chi connectivity index (χ0v) is 16.2. The van der Waals surface area contributed by atoms with Crippen molar-refractivity contribution in [2.45, 2.75) is 84.7 Å². The molecule has 4 rings (SSSR count). The van der Waals surface area contributed by atoms with Gasteiger partial charge < -0.3 is 10.2 Å². The lowest BCUT2D eigenvalue weighted by atomic mass is 9.44. The molecule has 4 fully saturated rings. The van der Waals surface area contributed by atoms with Crippen molar-refractivity contribution in [3.05, 3.63) is 0 Å². The van der Waals surface area contributed by atoms with E-state index in [1.165, 1.54) is 38.5 Å². The van der Waals surface area contributed by atoms with Gasteiger partial charge in [-0.1, -0.05) is 20.8 Å². The topological polar surface area (TPSA) is 57.5 Å². The second kappa shape index (κ2) is 5.97. The summed E-state index contributed by atoms with van der Waals surface area (Å²) < 4.78 is 0. The Morgan fingerprint density at radius 3 is 2.36 bits per heavy atom. The van der Waals surface area contributed by atoms with E-state index in [2.05, 4.69) is 13.8 Å². The molecule has 0 aliphatic heterocycles. The van der Waals surface area contributed by atoms with Crippen LogP contribution in [-0.2, 0) is 4.79 Å². The van der Waals surface area contributed by atoms with Crippen molar-refractivity contribution in [2.24, 2.45) is 46.3 Å². The minimum Gasteiger partial charge on any atom is -0.481 e. The van der Waals surface area contributed by atoms with Gasteiger partial charge in [0.25, 0.3) is 0 Å². The number of hydrogen-bond acceptors (Lipinski definition) is 2. The predicted octanol–water partition coefficient (Wildman–Crippen LogP) is 4.73. The van der Waals surface area contributed by atoms with Crippen molar-refractivity contribution in [3.8, 4) is 0 Å². The number of carboxylic acid groups (broad SMARTS) is 1. The molecule has 9 atom stereocenters. The summed E-state index contributed by atoms with van der Waals surface area (Å²) in [7, 11) is 0. The van der Waals surface area contributed by atoms with Crippen LogP contribution in [0.25, 0.3) is 0 Å². The molecule has 0 spiro atoms. The molecule has 3 unspecified atom stereocenters. The van der Waals surface area contributed by atoms with E-state index in [9.17, 15) is 15.0 Å². The molecule has 0 heterocycles. The number of aliphatic hydroxyl groups is 1. The van der Waals surface area contributed by atoms with Gasteiger partial charge in [0.15, 0.2) is 0 Å². The van der Waals surface area contributed by atoms with E-state index < -0.39 is 5.97 Å². The Morgan fingerprint density at radius 1 is 0.960 bits per heavy atom. The summed E-state index contributed by atoms with van der Waals surface area (Å²) in [4.78, 5) is 11.6. The smallest absolute Gasteiger partial charge is 0.306 e. The van der Waals surface area contributed by atoms with E-state index in [4.69, 9.17) is 0 Å². The highest BCUT2D eigenvalue weighted by Crippen LogP contribution is 2.68. The van der Waals surface area contributed by atoms with Crippen LogP contribution in [0.5, 0.6) is 0 Å². The van der Waals surface area contributed by atoms with Crippen molar-refractivity contribution in [3.63, 3.8) is 0 Å². The first kappa shape index (κ1) is 17.8. The molecule has 3 nitrogen and oxygen atoms in total. The Morgan fingerprint density at radius 2 is 1.64 bits per heavy atom. The molecule has 0 aromatic heterocycles. The van der Waals surface area contributed by atoms with E-state index in [1.54, 1.807) is 0 Å². The van der Waals surface area contributed by atoms with Gasteiger partial charge in [-0.15, -0.1) is 0 Å². The average Bonchev–Trinajstić information content (AvgIpc) is 2.92. The number of fused-ring (bicyclic) bond motifs is 5. The van der Waals surface area contributed by atoms with Crippen molar-refractivity contribution >= 4 is 5.97 Å². The summed E-state index contributed by atoms with van der Waals surface area (Å²) in [6.07, 6.45) is 10.5. The minimum atomic E-state index is -0.606. The van der Waals surface area contributed by atoms with Gasteiger partial charge in [0.2, 0.25) is 0 Å². The van der Waals surface area contributed by atoms with Crippen molar-refractivity contribution in [1.82, 2.24) is 0 Å². The fourth-order valence-corrected chi connectivity index (χ4v) is 8.27. The molecule has 0 saturated heterocycles. The molecule has 4 saturated carbocycles. The Hall–Kier alpha value is -0.570. The molecule has 0 bridgehead atoms. The van der Waals surface area contributed by atoms with Crippen molar-refractivity contribution in [2.75, 3.05) is 0 Å². The predicted molar refractivity (Wildman–Crippen MR) is 98.0 cm³/mol. The molecule has 4 aliphatic carbocycles. The van der Waals surface area contributed by atoms with Crippen molar-refractivity contribution in [1.29, 1.82) is 0 Å². The molecule has 0 aromatic rings. The van der Waals surface area contributed by atoms with Crippen LogP contribution in [0.4, 0.5) is 0 Å². The lowest BCUT2D eigenvalue weighted by molar-refractivity contribution is -0.149. The highest BCUT2D eigenvalue weighted by atomic mass is 16.4. The molecule has 2 N–H and O–H groups in total. The number of hydrogen-bond donors (Lipinski definition) is 2. The molecular formula is C22H36O3. The number of rotatable bonds is 2. The monoisotopic (exact) mass is 348 g/mol. The highest BCUT2D eigenvalue weighted by molar-refractivity contribution is 5.70. The third-order valence-electron chi connectivity index (χ3n) is 9.70. The Bertz CT molecular complexity index is 545. The van der Waals surface area contributed by atoms with Crippen LogP contribution in [0, 0.1) is 46.3 Å². The molecule has 3 heteroatoms. The van der Waals surface area contributed by atoms with Gasteiger partial charge in [0.05, 0.1) is 12.0 Å². The van der Waals surface area contributed by atoms with Gasteiger partial charge >= 0.3 is 5.97 Å². The Labute approximate surface area is 152 Å². The summed E-state index contributed by atoms with van der Waals surface area (Å²) in [5.74, 6) is 2.57. The van der Waals surface area contributed by atoms with Gasteiger partial charge in [-0.2, -0.15) is 0 Å². The third-order valence-corrected chi connectivity index (χ3v) is 9.70. The molecule has 4 aliphatic rings.